The molecule has 4 heteroatoms. The van der Waals surface area contributed by atoms with Crippen molar-refractivity contribution < 1.29 is 4.21 Å². The van der Waals surface area contributed by atoms with E-state index in [1.54, 1.807) is 0 Å². The Morgan fingerprint density at radius 1 is 1.43 bits per heavy atom. The number of rotatable bonds is 6. The summed E-state index contributed by atoms with van der Waals surface area (Å²) in [4.78, 5) is 2.41. The number of nitrogens with zero attached hydrogens (tertiary/aromatic N) is 1. The first kappa shape index (κ1) is 12.1. The van der Waals surface area contributed by atoms with E-state index in [1.807, 2.05) is 0 Å². The molecule has 14 heavy (non-hydrogen) atoms. The van der Waals surface area contributed by atoms with Crippen LogP contribution in [0.5, 0.6) is 0 Å². The van der Waals surface area contributed by atoms with Crippen LogP contribution in [-0.4, -0.2) is 46.8 Å². The van der Waals surface area contributed by atoms with Crippen LogP contribution in [0.2, 0.25) is 0 Å². The van der Waals surface area contributed by atoms with Crippen LogP contribution in [0.25, 0.3) is 0 Å². The lowest BCUT2D eigenvalue weighted by atomic mass is 10.2. The fourth-order valence-corrected chi connectivity index (χ4v) is 3.11. The number of hydrogen-bond donors (Lipinski definition) is 1. The molecule has 1 rings (SSSR count). The van der Waals surface area contributed by atoms with E-state index in [1.165, 1.54) is 25.9 Å². The molecule has 84 valence electrons. The Balaban J connectivity index is 2.08. The van der Waals surface area contributed by atoms with Gasteiger partial charge in [-0.05, 0) is 38.4 Å². The Bertz CT molecular complexity index is 181. The third-order valence-corrected chi connectivity index (χ3v) is 4.29. The summed E-state index contributed by atoms with van der Waals surface area (Å²) >= 11 is 0. The first-order valence-corrected chi connectivity index (χ1v) is 6.98. The van der Waals surface area contributed by atoms with Crippen LogP contribution in [-0.2, 0) is 10.8 Å². The minimum absolute atomic E-state index is 0.398. The molecule has 2 N–H and O–H groups in total. The van der Waals surface area contributed by atoms with Gasteiger partial charge in [0.05, 0.1) is 0 Å². The molecule has 0 bridgehead atoms. The zero-order valence-electron chi connectivity index (χ0n) is 9.08. The zero-order chi connectivity index (χ0) is 10.4. The Kier molecular flexibility index (Phi) is 5.67. The molecule has 1 heterocycles. The van der Waals surface area contributed by atoms with Crippen LogP contribution >= 0.6 is 0 Å². The van der Waals surface area contributed by atoms with Crippen LogP contribution in [0.4, 0.5) is 0 Å². The van der Waals surface area contributed by atoms with E-state index in [9.17, 15) is 4.21 Å². The van der Waals surface area contributed by atoms with Gasteiger partial charge in [-0.25, -0.2) is 0 Å². The van der Waals surface area contributed by atoms with Crippen molar-refractivity contribution in [1.82, 2.24) is 4.90 Å². The molecule has 0 aromatic rings. The van der Waals surface area contributed by atoms with Crippen LogP contribution in [0.3, 0.4) is 0 Å². The van der Waals surface area contributed by atoms with Gasteiger partial charge in [0.2, 0.25) is 0 Å². The molecule has 0 saturated carbocycles. The maximum atomic E-state index is 11.6. The van der Waals surface area contributed by atoms with Crippen LogP contribution in [0.1, 0.15) is 19.8 Å². The minimum atomic E-state index is -0.668. The van der Waals surface area contributed by atoms with Gasteiger partial charge in [-0.3, -0.25) is 4.21 Å². The molecule has 0 aromatic carbocycles. The maximum Gasteiger partial charge on any atom is 0.0362 e. The van der Waals surface area contributed by atoms with Gasteiger partial charge >= 0.3 is 0 Å². The topological polar surface area (TPSA) is 46.3 Å². The molecule has 2 unspecified atom stereocenters. The summed E-state index contributed by atoms with van der Waals surface area (Å²) in [5, 5.41) is 0. The number of likely N-dealkylation sites (tertiary alicyclic amines) is 1. The van der Waals surface area contributed by atoms with Gasteiger partial charge in [0.25, 0.3) is 0 Å². The van der Waals surface area contributed by atoms with E-state index in [-0.39, 0.29) is 0 Å². The molecule has 0 amide bonds. The van der Waals surface area contributed by atoms with Gasteiger partial charge < -0.3 is 10.6 Å². The molecule has 0 spiro atoms. The van der Waals surface area contributed by atoms with Crippen molar-refractivity contribution in [2.24, 2.45) is 11.7 Å². The first-order valence-electron chi connectivity index (χ1n) is 5.49. The Morgan fingerprint density at radius 3 is 2.64 bits per heavy atom. The zero-order valence-corrected chi connectivity index (χ0v) is 9.89. The van der Waals surface area contributed by atoms with Crippen molar-refractivity contribution in [2.45, 2.75) is 19.8 Å². The van der Waals surface area contributed by atoms with Gasteiger partial charge in [0, 0.05) is 28.9 Å². The van der Waals surface area contributed by atoms with Gasteiger partial charge in [0.1, 0.15) is 0 Å². The summed E-state index contributed by atoms with van der Waals surface area (Å²) in [7, 11) is -0.668. The number of hydrogen-bond acceptors (Lipinski definition) is 3. The monoisotopic (exact) mass is 218 g/mol. The normalized spacial score (nSPS) is 22.4. The molecular formula is C10H22N2OS. The molecule has 0 aromatic heterocycles. The van der Waals surface area contributed by atoms with Crippen LogP contribution in [0.15, 0.2) is 0 Å². The minimum Gasteiger partial charge on any atom is -0.330 e. The van der Waals surface area contributed by atoms with E-state index in [2.05, 4.69) is 11.8 Å². The second-order valence-electron chi connectivity index (χ2n) is 4.20. The summed E-state index contributed by atoms with van der Waals surface area (Å²) in [6.07, 6.45) is 2.62. The highest BCUT2D eigenvalue weighted by Gasteiger charge is 2.13. The molecule has 1 fully saturated rings. The fraction of sp³-hybridized carbons (Fsp3) is 1.00. The van der Waals surface area contributed by atoms with Gasteiger partial charge in [-0.2, -0.15) is 0 Å². The third-order valence-electron chi connectivity index (χ3n) is 2.71. The summed E-state index contributed by atoms with van der Waals surface area (Å²) in [5.41, 5.74) is 5.49. The molecule has 3 nitrogen and oxygen atoms in total. The molecule has 1 aliphatic heterocycles. The van der Waals surface area contributed by atoms with Gasteiger partial charge in [-0.15, -0.1) is 0 Å². The second kappa shape index (κ2) is 6.53. The Labute approximate surface area is 89.5 Å². The highest BCUT2D eigenvalue weighted by atomic mass is 32.2. The molecule has 1 saturated heterocycles. The maximum absolute atomic E-state index is 11.6. The molecule has 2 atom stereocenters. The van der Waals surface area contributed by atoms with Crippen molar-refractivity contribution in [1.29, 1.82) is 0 Å². The SMILES string of the molecule is CC(CN)CS(=O)CCN1CCCC1. The van der Waals surface area contributed by atoms with Gasteiger partial charge in [0.15, 0.2) is 0 Å². The van der Waals surface area contributed by atoms with Crippen molar-refractivity contribution in [2.75, 3.05) is 37.7 Å². The van der Waals surface area contributed by atoms with Crippen LogP contribution < -0.4 is 5.73 Å². The lowest BCUT2D eigenvalue weighted by molar-refractivity contribution is 0.360. The van der Waals surface area contributed by atoms with E-state index >= 15 is 0 Å². The van der Waals surface area contributed by atoms with Gasteiger partial charge in [-0.1, -0.05) is 6.92 Å². The molecular weight excluding hydrogens is 196 g/mol. The van der Waals surface area contributed by atoms with E-state index in [0.717, 1.165) is 18.1 Å². The lowest BCUT2D eigenvalue weighted by Crippen LogP contribution is -2.27. The van der Waals surface area contributed by atoms with Crippen molar-refractivity contribution >= 4 is 10.8 Å². The predicted molar refractivity (Wildman–Crippen MR) is 61.8 cm³/mol. The van der Waals surface area contributed by atoms with E-state index in [0.29, 0.717) is 12.5 Å². The van der Waals surface area contributed by atoms with Crippen molar-refractivity contribution in [3.05, 3.63) is 0 Å². The Morgan fingerprint density at radius 2 is 2.07 bits per heavy atom. The average Bonchev–Trinajstić information content (AvgIpc) is 2.67. The Hall–Kier alpha value is 0.0700. The standard InChI is InChI=1S/C10H22N2OS/c1-10(8-11)9-14(13)7-6-12-4-2-3-5-12/h10H,2-9,11H2,1H3. The van der Waals surface area contributed by atoms with Crippen molar-refractivity contribution in [3.63, 3.8) is 0 Å². The summed E-state index contributed by atoms with van der Waals surface area (Å²) in [6.45, 7) is 6.11. The number of nitrogens with two attached hydrogens (primary N) is 1. The summed E-state index contributed by atoms with van der Waals surface area (Å²) in [5.74, 6) is 1.99. The third kappa shape index (κ3) is 4.53. The smallest absolute Gasteiger partial charge is 0.0362 e. The first-order chi connectivity index (χ1) is 6.72. The quantitative estimate of drug-likeness (QED) is 0.703. The van der Waals surface area contributed by atoms with Crippen molar-refractivity contribution in [3.8, 4) is 0 Å². The second-order valence-corrected chi connectivity index (χ2v) is 5.82. The van der Waals surface area contributed by atoms with Crippen LogP contribution in [0, 0.1) is 5.92 Å². The predicted octanol–water partition coefficient (Wildman–Crippen LogP) is 0.426. The lowest BCUT2D eigenvalue weighted by Gasteiger charge is -2.14. The largest absolute Gasteiger partial charge is 0.330 e. The highest BCUT2D eigenvalue weighted by molar-refractivity contribution is 7.85. The van der Waals surface area contributed by atoms with E-state index in [4.69, 9.17) is 5.73 Å². The summed E-state index contributed by atoms with van der Waals surface area (Å²) in [6, 6.07) is 0. The molecule has 1 aliphatic rings. The average molecular weight is 218 g/mol. The highest BCUT2D eigenvalue weighted by Crippen LogP contribution is 2.07. The van der Waals surface area contributed by atoms with E-state index < -0.39 is 10.8 Å². The fourth-order valence-electron chi connectivity index (χ4n) is 1.71. The summed E-state index contributed by atoms with van der Waals surface area (Å²) < 4.78 is 11.6. The molecule has 0 radical (unpaired) electrons. The molecule has 0 aliphatic carbocycles.